The Bertz CT molecular complexity index is 1180. The van der Waals surface area contributed by atoms with Crippen LogP contribution in [0.15, 0.2) is 63.8 Å². The monoisotopic (exact) mass is 447 g/mol. The Hall–Kier alpha value is -1.93. The van der Waals surface area contributed by atoms with Gasteiger partial charge in [0.15, 0.2) is 4.80 Å². The zero-order valence-corrected chi connectivity index (χ0v) is 18.4. The van der Waals surface area contributed by atoms with Gasteiger partial charge in [-0.3, -0.25) is 0 Å². The van der Waals surface area contributed by atoms with Gasteiger partial charge in [0.25, 0.3) is 0 Å². The number of sulfonamides is 1. The summed E-state index contributed by atoms with van der Waals surface area (Å²) in [5.74, 6) is 0. The van der Waals surface area contributed by atoms with Gasteiger partial charge < -0.3 is 4.57 Å². The number of para-hydroxylation sites is 1. The predicted octanol–water partition coefficient (Wildman–Crippen LogP) is 4.86. The standard InChI is InChI=1S/C21H22ClN3O2S2/c1-25-19(14-28-21(25)23-16-7-3-2-4-8-16)15-11-12-18(22)20(13-15)29(26,27)24-17-9-5-6-10-17/h2-4,7-8,11-14,17,24H,5-6,9-10H2,1H3. The van der Waals surface area contributed by atoms with Crippen LogP contribution in [0.2, 0.25) is 5.02 Å². The molecule has 29 heavy (non-hydrogen) atoms. The lowest BCUT2D eigenvalue weighted by Gasteiger charge is -2.14. The second-order valence-electron chi connectivity index (χ2n) is 7.16. The summed E-state index contributed by atoms with van der Waals surface area (Å²) < 4.78 is 30.6. The summed E-state index contributed by atoms with van der Waals surface area (Å²) in [5.41, 5.74) is 2.55. The summed E-state index contributed by atoms with van der Waals surface area (Å²) in [6, 6.07) is 14.9. The SMILES string of the molecule is Cn1c(-c2ccc(Cl)c(S(=O)(=O)NC3CCCC3)c2)csc1=Nc1ccccc1. The molecule has 0 unspecified atom stereocenters. The minimum absolute atomic E-state index is 0.00624. The number of benzene rings is 2. The molecule has 1 aliphatic carbocycles. The molecule has 8 heteroatoms. The molecule has 0 spiro atoms. The number of aromatic nitrogens is 1. The van der Waals surface area contributed by atoms with Crippen molar-refractivity contribution in [3.05, 3.63) is 63.7 Å². The molecule has 0 aliphatic heterocycles. The Balaban J connectivity index is 1.70. The van der Waals surface area contributed by atoms with Crippen LogP contribution in [0.25, 0.3) is 11.3 Å². The van der Waals surface area contributed by atoms with Crippen molar-refractivity contribution >= 4 is 38.6 Å². The molecule has 0 amide bonds. The predicted molar refractivity (Wildman–Crippen MR) is 118 cm³/mol. The van der Waals surface area contributed by atoms with Crippen LogP contribution in [-0.4, -0.2) is 19.0 Å². The fourth-order valence-electron chi connectivity index (χ4n) is 3.54. The first-order valence-electron chi connectivity index (χ1n) is 9.50. The average Bonchev–Trinajstić information content (AvgIpc) is 3.33. The third-order valence-corrected chi connectivity index (χ3v) is 8.02. The topological polar surface area (TPSA) is 63.5 Å². The number of rotatable bonds is 5. The van der Waals surface area contributed by atoms with E-state index in [0.717, 1.165) is 47.4 Å². The maximum atomic E-state index is 12.9. The van der Waals surface area contributed by atoms with E-state index in [2.05, 4.69) is 9.71 Å². The van der Waals surface area contributed by atoms with Crippen molar-refractivity contribution in [2.24, 2.45) is 12.0 Å². The largest absolute Gasteiger partial charge is 0.320 e. The highest BCUT2D eigenvalue weighted by molar-refractivity contribution is 7.89. The lowest BCUT2D eigenvalue weighted by molar-refractivity contribution is 0.552. The second-order valence-corrected chi connectivity index (χ2v) is 10.1. The smallest absolute Gasteiger partial charge is 0.242 e. The van der Waals surface area contributed by atoms with Crippen molar-refractivity contribution in [1.82, 2.24) is 9.29 Å². The summed E-state index contributed by atoms with van der Waals surface area (Å²) in [6.45, 7) is 0. The van der Waals surface area contributed by atoms with E-state index < -0.39 is 10.0 Å². The Morgan fingerprint density at radius 1 is 1.14 bits per heavy atom. The molecular weight excluding hydrogens is 426 g/mol. The van der Waals surface area contributed by atoms with Crippen LogP contribution in [0.3, 0.4) is 0 Å². The minimum Gasteiger partial charge on any atom is -0.320 e. The van der Waals surface area contributed by atoms with E-state index in [4.69, 9.17) is 11.6 Å². The molecule has 1 aliphatic rings. The number of nitrogens with one attached hydrogen (secondary N) is 1. The molecule has 0 saturated heterocycles. The first-order valence-corrected chi connectivity index (χ1v) is 12.2. The second kappa shape index (κ2) is 8.44. The third kappa shape index (κ3) is 4.48. The van der Waals surface area contributed by atoms with Crippen LogP contribution in [0.1, 0.15) is 25.7 Å². The molecule has 1 N–H and O–H groups in total. The van der Waals surface area contributed by atoms with Crippen molar-refractivity contribution in [3.63, 3.8) is 0 Å². The molecule has 1 fully saturated rings. The lowest BCUT2D eigenvalue weighted by atomic mass is 10.2. The Morgan fingerprint density at radius 2 is 1.86 bits per heavy atom. The van der Waals surface area contributed by atoms with E-state index in [1.54, 1.807) is 12.1 Å². The zero-order valence-electron chi connectivity index (χ0n) is 16.0. The summed E-state index contributed by atoms with van der Waals surface area (Å²) in [7, 11) is -1.75. The normalized spacial score (nSPS) is 15.9. The van der Waals surface area contributed by atoms with E-state index in [0.29, 0.717) is 0 Å². The van der Waals surface area contributed by atoms with Gasteiger partial charge in [-0.25, -0.2) is 18.1 Å². The Kier molecular flexibility index (Phi) is 5.92. The molecule has 2 aromatic carbocycles. The summed E-state index contributed by atoms with van der Waals surface area (Å²) >= 11 is 7.77. The van der Waals surface area contributed by atoms with E-state index in [1.807, 2.05) is 53.4 Å². The average molecular weight is 448 g/mol. The van der Waals surface area contributed by atoms with Gasteiger partial charge in [-0.15, -0.1) is 11.3 Å². The molecule has 1 saturated carbocycles. The first-order chi connectivity index (χ1) is 13.9. The van der Waals surface area contributed by atoms with E-state index in [9.17, 15) is 8.42 Å². The van der Waals surface area contributed by atoms with Gasteiger partial charge in [0.05, 0.1) is 16.4 Å². The lowest BCUT2D eigenvalue weighted by Crippen LogP contribution is -2.32. The van der Waals surface area contributed by atoms with Crippen molar-refractivity contribution < 1.29 is 8.42 Å². The number of hydrogen-bond donors (Lipinski definition) is 1. The fourth-order valence-corrected chi connectivity index (χ4v) is 6.30. The Morgan fingerprint density at radius 3 is 2.59 bits per heavy atom. The molecule has 1 aromatic heterocycles. The number of halogens is 1. The maximum absolute atomic E-state index is 12.9. The van der Waals surface area contributed by atoms with Crippen LogP contribution in [0, 0.1) is 0 Å². The van der Waals surface area contributed by atoms with Crippen LogP contribution in [0.5, 0.6) is 0 Å². The van der Waals surface area contributed by atoms with Gasteiger partial charge in [0.2, 0.25) is 10.0 Å². The summed E-state index contributed by atoms with van der Waals surface area (Å²) in [6.07, 6.45) is 3.86. The zero-order chi connectivity index (χ0) is 20.4. The van der Waals surface area contributed by atoms with E-state index >= 15 is 0 Å². The highest BCUT2D eigenvalue weighted by Gasteiger charge is 2.25. The van der Waals surface area contributed by atoms with Crippen LogP contribution < -0.4 is 9.52 Å². The molecule has 152 valence electrons. The van der Waals surface area contributed by atoms with Gasteiger partial charge in [-0.1, -0.05) is 48.7 Å². The van der Waals surface area contributed by atoms with Crippen molar-refractivity contribution in [3.8, 4) is 11.3 Å². The van der Waals surface area contributed by atoms with Crippen LogP contribution in [-0.2, 0) is 17.1 Å². The molecule has 5 nitrogen and oxygen atoms in total. The van der Waals surface area contributed by atoms with E-state index in [-0.39, 0.29) is 16.0 Å². The van der Waals surface area contributed by atoms with Gasteiger partial charge in [0.1, 0.15) is 4.90 Å². The molecular formula is C21H22ClN3O2S2. The highest BCUT2D eigenvalue weighted by Crippen LogP contribution is 2.29. The number of thiazole rings is 1. The van der Waals surface area contributed by atoms with Crippen LogP contribution >= 0.6 is 22.9 Å². The molecule has 0 bridgehead atoms. The third-order valence-electron chi connectivity index (χ3n) is 5.10. The Labute approximate surface area is 179 Å². The number of nitrogens with zero attached hydrogens (tertiary/aromatic N) is 2. The van der Waals surface area contributed by atoms with E-state index in [1.165, 1.54) is 11.3 Å². The minimum atomic E-state index is -3.67. The molecule has 4 rings (SSSR count). The maximum Gasteiger partial charge on any atom is 0.242 e. The molecule has 0 atom stereocenters. The van der Waals surface area contributed by atoms with Crippen molar-refractivity contribution in [1.29, 1.82) is 0 Å². The molecule has 0 radical (unpaired) electrons. The van der Waals surface area contributed by atoms with Gasteiger partial charge in [-0.2, -0.15) is 0 Å². The van der Waals surface area contributed by atoms with Crippen molar-refractivity contribution in [2.75, 3.05) is 0 Å². The quantitative estimate of drug-likeness (QED) is 0.607. The molecule has 3 aromatic rings. The fraction of sp³-hybridized carbons (Fsp3) is 0.286. The summed E-state index contributed by atoms with van der Waals surface area (Å²) in [4.78, 5) is 5.62. The summed E-state index contributed by atoms with van der Waals surface area (Å²) in [5, 5.41) is 2.21. The number of hydrogen-bond acceptors (Lipinski definition) is 4. The van der Waals surface area contributed by atoms with Crippen LogP contribution in [0.4, 0.5) is 5.69 Å². The van der Waals surface area contributed by atoms with Gasteiger partial charge >= 0.3 is 0 Å². The van der Waals surface area contributed by atoms with Crippen molar-refractivity contribution in [2.45, 2.75) is 36.6 Å². The molecule has 1 heterocycles. The first kappa shape index (κ1) is 20.3. The highest BCUT2D eigenvalue weighted by atomic mass is 35.5. The van der Waals surface area contributed by atoms with Gasteiger partial charge in [0, 0.05) is 24.0 Å². The van der Waals surface area contributed by atoms with Gasteiger partial charge in [-0.05, 0) is 37.1 Å².